The number of hydrogen-bond acceptors (Lipinski definition) is 5. The molecule has 1 amide bonds. The van der Waals surface area contributed by atoms with Crippen LogP contribution in [0, 0.1) is 5.92 Å². The minimum atomic E-state index is -3.65. The quantitative estimate of drug-likeness (QED) is 0.516. The Balaban J connectivity index is 1.76. The summed E-state index contributed by atoms with van der Waals surface area (Å²) >= 11 is 2.76. The number of nitrogens with one attached hydrogen (secondary N) is 2. The van der Waals surface area contributed by atoms with E-state index in [0.29, 0.717) is 17.2 Å². The second kappa shape index (κ2) is 8.89. The highest BCUT2D eigenvalue weighted by Gasteiger charge is 2.19. The summed E-state index contributed by atoms with van der Waals surface area (Å²) in [4.78, 5) is 13.9. The lowest BCUT2D eigenvalue weighted by Gasteiger charge is -2.20. The second-order valence-electron chi connectivity index (χ2n) is 6.79. The van der Waals surface area contributed by atoms with Crippen LogP contribution in [0.4, 0.5) is 5.69 Å². The SMILES string of the molecule is CC(C)CC(NC(=O)c1cccc(NS(=O)(=O)c2cccs2)c1)c1cccs1. The van der Waals surface area contributed by atoms with Crippen LogP contribution in [-0.2, 0) is 10.0 Å². The van der Waals surface area contributed by atoms with Gasteiger partial charge in [0.15, 0.2) is 0 Å². The summed E-state index contributed by atoms with van der Waals surface area (Å²) in [7, 11) is -3.65. The summed E-state index contributed by atoms with van der Waals surface area (Å²) in [6.07, 6.45) is 0.830. The molecule has 0 aliphatic rings. The highest BCUT2D eigenvalue weighted by atomic mass is 32.2. The molecule has 0 bridgehead atoms. The van der Waals surface area contributed by atoms with E-state index in [-0.39, 0.29) is 16.2 Å². The molecule has 2 heterocycles. The van der Waals surface area contributed by atoms with E-state index in [2.05, 4.69) is 23.9 Å². The number of thiophene rings is 2. The fraction of sp³-hybridized carbons (Fsp3) is 0.250. The summed E-state index contributed by atoms with van der Waals surface area (Å²) in [6, 6.07) is 13.7. The predicted octanol–water partition coefficient (Wildman–Crippen LogP) is 5.13. The molecule has 148 valence electrons. The Hall–Kier alpha value is -2.16. The van der Waals surface area contributed by atoms with E-state index in [9.17, 15) is 13.2 Å². The molecule has 8 heteroatoms. The van der Waals surface area contributed by atoms with Gasteiger partial charge in [-0.2, -0.15) is 0 Å². The lowest BCUT2D eigenvalue weighted by atomic mass is 10.0. The van der Waals surface area contributed by atoms with E-state index in [1.54, 1.807) is 53.1 Å². The molecule has 0 saturated carbocycles. The van der Waals surface area contributed by atoms with Crippen molar-refractivity contribution in [3.05, 3.63) is 69.7 Å². The third kappa shape index (κ3) is 5.21. The molecule has 0 saturated heterocycles. The standard InChI is InChI=1S/C20H22N2O3S3/c1-14(2)12-17(18-8-4-10-26-18)21-20(23)15-6-3-7-16(13-15)22-28(24,25)19-9-5-11-27-19/h3-11,13-14,17,22H,12H2,1-2H3,(H,21,23). The molecule has 5 nitrogen and oxygen atoms in total. The highest BCUT2D eigenvalue weighted by Crippen LogP contribution is 2.26. The zero-order valence-corrected chi connectivity index (χ0v) is 18.0. The Bertz CT molecular complexity index is 1010. The van der Waals surface area contributed by atoms with Crippen molar-refractivity contribution in [3.63, 3.8) is 0 Å². The van der Waals surface area contributed by atoms with Crippen LogP contribution in [0.1, 0.15) is 41.5 Å². The molecule has 1 unspecified atom stereocenters. The first-order valence-corrected chi connectivity index (χ1v) is 12.1. The fourth-order valence-corrected chi connectivity index (χ4v) is 5.63. The number of benzene rings is 1. The minimum Gasteiger partial charge on any atom is -0.344 e. The van der Waals surface area contributed by atoms with Crippen molar-refractivity contribution in [1.82, 2.24) is 5.32 Å². The minimum absolute atomic E-state index is 0.0704. The van der Waals surface area contributed by atoms with E-state index >= 15 is 0 Å². The van der Waals surface area contributed by atoms with E-state index in [1.807, 2.05) is 17.5 Å². The lowest BCUT2D eigenvalue weighted by molar-refractivity contribution is 0.0932. The third-order valence-electron chi connectivity index (χ3n) is 4.04. The van der Waals surface area contributed by atoms with Gasteiger partial charge < -0.3 is 5.32 Å². The Morgan fingerprint density at radius 1 is 1.04 bits per heavy atom. The molecule has 0 spiro atoms. The van der Waals surface area contributed by atoms with Crippen LogP contribution in [0.3, 0.4) is 0 Å². The van der Waals surface area contributed by atoms with Crippen molar-refractivity contribution in [2.24, 2.45) is 5.92 Å². The molecule has 3 rings (SSSR count). The number of carbonyl (C=O) groups is 1. The Morgan fingerprint density at radius 2 is 1.79 bits per heavy atom. The Labute approximate surface area is 173 Å². The summed E-state index contributed by atoms with van der Waals surface area (Å²) < 4.78 is 27.6. The van der Waals surface area contributed by atoms with Gasteiger partial charge in [0.1, 0.15) is 4.21 Å². The average Bonchev–Trinajstić information content (AvgIpc) is 3.34. The van der Waals surface area contributed by atoms with Crippen LogP contribution >= 0.6 is 22.7 Å². The number of carbonyl (C=O) groups excluding carboxylic acids is 1. The predicted molar refractivity (Wildman–Crippen MR) is 116 cm³/mol. The summed E-state index contributed by atoms with van der Waals surface area (Å²) in [5.41, 5.74) is 0.772. The van der Waals surface area contributed by atoms with Crippen molar-refractivity contribution in [3.8, 4) is 0 Å². The van der Waals surface area contributed by atoms with Crippen LogP contribution in [0.15, 0.2) is 63.5 Å². The number of hydrogen-bond donors (Lipinski definition) is 2. The molecule has 2 aromatic heterocycles. The van der Waals surface area contributed by atoms with Gasteiger partial charge in [0, 0.05) is 16.1 Å². The highest BCUT2D eigenvalue weighted by molar-refractivity contribution is 7.94. The second-order valence-corrected chi connectivity index (χ2v) is 10.6. The molecular weight excluding hydrogens is 412 g/mol. The van der Waals surface area contributed by atoms with Crippen LogP contribution in [0.25, 0.3) is 0 Å². The first-order valence-electron chi connectivity index (χ1n) is 8.86. The van der Waals surface area contributed by atoms with Crippen molar-refractivity contribution >= 4 is 44.3 Å². The van der Waals surface area contributed by atoms with Gasteiger partial charge in [-0.1, -0.05) is 32.0 Å². The van der Waals surface area contributed by atoms with Crippen LogP contribution in [0.5, 0.6) is 0 Å². The van der Waals surface area contributed by atoms with Crippen LogP contribution < -0.4 is 10.0 Å². The number of anilines is 1. The van der Waals surface area contributed by atoms with E-state index in [4.69, 9.17) is 0 Å². The molecule has 1 aromatic carbocycles. The van der Waals surface area contributed by atoms with Gasteiger partial charge in [0.2, 0.25) is 0 Å². The largest absolute Gasteiger partial charge is 0.344 e. The third-order valence-corrected chi connectivity index (χ3v) is 7.80. The van der Waals surface area contributed by atoms with Gasteiger partial charge in [-0.05, 0) is 53.4 Å². The smallest absolute Gasteiger partial charge is 0.271 e. The van der Waals surface area contributed by atoms with Crippen LogP contribution in [-0.4, -0.2) is 14.3 Å². The van der Waals surface area contributed by atoms with E-state index in [1.165, 1.54) is 0 Å². The van der Waals surface area contributed by atoms with Crippen molar-refractivity contribution in [2.75, 3.05) is 4.72 Å². The average molecular weight is 435 g/mol. The molecule has 0 aliphatic heterocycles. The molecule has 1 atom stereocenters. The summed E-state index contributed by atoms with van der Waals surface area (Å²) in [6.45, 7) is 4.24. The van der Waals surface area contributed by atoms with Gasteiger partial charge in [0.05, 0.1) is 6.04 Å². The number of amides is 1. The molecule has 28 heavy (non-hydrogen) atoms. The Morgan fingerprint density at radius 3 is 2.43 bits per heavy atom. The molecule has 0 aliphatic carbocycles. The maximum absolute atomic E-state index is 12.8. The van der Waals surface area contributed by atoms with E-state index < -0.39 is 10.0 Å². The molecule has 3 aromatic rings. The Kier molecular flexibility index (Phi) is 6.53. The maximum atomic E-state index is 12.8. The summed E-state index contributed by atoms with van der Waals surface area (Å²) in [5, 5.41) is 6.78. The van der Waals surface area contributed by atoms with Crippen molar-refractivity contribution in [2.45, 2.75) is 30.5 Å². The van der Waals surface area contributed by atoms with Gasteiger partial charge in [-0.3, -0.25) is 9.52 Å². The van der Waals surface area contributed by atoms with Crippen LogP contribution in [0.2, 0.25) is 0 Å². The molecule has 0 radical (unpaired) electrons. The van der Waals surface area contributed by atoms with Gasteiger partial charge >= 0.3 is 0 Å². The lowest BCUT2D eigenvalue weighted by Crippen LogP contribution is -2.29. The first kappa shape index (κ1) is 20.6. The molecule has 2 N–H and O–H groups in total. The molecular formula is C20H22N2O3S3. The number of sulfonamides is 1. The van der Waals surface area contributed by atoms with Gasteiger partial charge in [-0.15, -0.1) is 22.7 Å². The first-order chi connectivity index (χ1) is 13.3. The zero-order chi connectivity index (χ0) is 20.1. The maximum Gasteiger partial charge on any atom is 0.271 e. The zero-order valence-electron chi connectivity index (χ0n) is 15.6. The van der Waals surface area contributed by atoms with Crippen molar-refractivity contribution < 1.29 is 13.2 Å². The normalized spacial score (nSPS) is 12.7. The fourth-order valence-electron chi connectivity index (χ4n) is 2.79. The topological polar surface area (TPSA) is 75.3 Å². The summed E-state index contributed by atoms with van der Waals surface area (Å²) in [5.74, 6) is 0.201. The van der Waals surface area contributed by atoms with E-state index in [0.717, 1.165) is 22.6 Å². The van der Waals surface area contributed by atoms with Gasteiger partial charge in [-0.25, -0.2) is 8.42 Å². The van der Waals surface area contributed by atoms with Gasteiger partial charge in [0.25, 0.3) is 15.9 Å². The monoisotopic (exact) mass is 434 g/mol. The van der Waals surface area contributed by atoms with Crippen molar-refractivity contribution in [1.29, 1.82) is 0 Å². The molecule has 0 fully saturated rings. The number of rotatable bonds is 8.